The molecule has 0 heterocycles. The van der Waals surface area contributed by atoms with Gasteiger partial charge in [-0.1, -0.05) is 80.4 Å². The SMILES string of the molecule is CCC(C)NC(=O)C(C)N(Cc1ccccc1Cl)C(=O)CN(c1ccc(C(C)C)cc1)S(=O)(=O)c1ccc(C)cc1. The second-order valence-corrected chi connectivity index (χ2v) is 12.9. The van der Waals surface area contributed by atoms with Gasteiger partial charge in [-0.2, -0.15) is 0 Å². The van der Waals surface area contributed by atoms with Crippen LogP contribution in [0.15, 0.2) is 77.7 Å². The summed E-state index contributed by atoms with van der Waals surface area (Å²) in [5.41, 5.74) is 2.97. The number of benzene rings is 3. The third kappa shape index (κ3) is 8.11. The molecule has 0 aliphatic carbocycles. The van der Waals surface area contributed by atoms with Crippen LogP contribution in [0, 0.1) is 6.92 Å². The van der Waals surface area contributed by atoms with Gasteiger partial charge in [-0.25, -0.2) is 8.42 Å². The second-order valence-electron chi connectivity index (χ2n) is 10.7. The Bertz CT molecular complexity index is 1440. The maximum absolute atomic E-state index is 14.0. The predicted octanol–water partition coefficient (Wildman–Crippen LogP) is 6.30. The molecular weight excluding hydrogens is 558 g/mol. The van der Waals surface area contributed by atoms with Gasteiger partial charge < -0.3 is 10.2 Å². The molecule has 0 fully saturated rings. The molecule has 2 unspecified atom stereocenters. The van der Waals surface area contributed by atoms with Gasteiger partial charge in [-0.05, 0) is 74.6 Å². The van der Waals surface area contributed by atoms with E-state index in [0.29, 0.717) is 16.3 Å². The number of anilines is 1. The van der Waals surface area contributed by atoms with Crippen LogP contribution in [0.4, 0.5) is 5.69 Å². The zero-order valence-corrected chi connectivity index (χ0v) is 26.2. The minimum Gasteiger partial charge on any atom is -0.352 e. The number of amides is 2. The molecule has 0 aliphatic rings. The topological polar surface area (TPSA) is 86.8 Å². The van der Waals surface area contributed by atoms with Crippen molar-refractivity contribution in [2.45, 2.75) is 77.4 Å². The Balaban J connectivity index is 2.05. The summed E-state index contributed by atoms with van der Waals surface area (Å²) in [7, 11) is -4.12. The molecule has 2 amide bonds. The van der Waals surface area contributed by atoms with Crippen molar-refractivity contribution in [1.29, 1.82) is 0 Å². The van der Waals surface area contributed by atoms with Crippen molar-refractivity contribution < 1.29 is 18.0 Å². The van der Waals surface area contributed by atoms with Crippen LogP contribution in [0.1, 0.15) is 63.6 Å². The van der Waals surface area contributed by atoms with Gasteiger partial charge in [-0.3, -0.25) is 13.9 Å². The van der Waals surface area contributed by atoms with Gasteiger partial charge in [0.25, 0.3) is 10.0 Å². The number of hydrogen-bond acceptors (Lipinski definition) is 4. The first-order valence-electron chi connectivity index (χ1n) is 13.9. The van der Waals surface area contributed by atoms with E-state index in [1.54, 1.807) is 55.5 Å². The van der Waals surface area contributed by atoms with Crippen LogP contribution in [0.3, 0.4) is 0 Å². The number of nitrogens with zero attached hydrogens (tertiary/aromatic N) is 2. The van der Waals surface area contributed by atoms with Gasteiger partial charge in [0.1, 0.15) is 12.6 Å². The summed E-state index contributed by atoms with van der Waals surface area (Å²) in [6, 6.07) is 19.8. The average Bonchev–Trinajstić information content (AvgIpc) is 2.95. The van der Waals surface area contributed by atoms with Crippen LogP contribution in [0.5, 0.6) is 0 Å². The highest BCUT2D eigenvalue weighted by Gasteiger charge is 2.33. The minimum atomic E-state index is -4.12. The molecular formula is C32H40ClN3O4S. The molecule has 0 bridgehead atoms. The fourth-order valence-electron chi connectivity index (χ4n) is 4.25. The number of hydrogen-bond donors (Lipinski definition) is 1. The lowest BCUT2D eigenvalue weighted by Gasteiger charge is -2.32. The maximum atomic E-state index is 14.0. The fourth-order valence-corrected chi connectivity index (χ4v) is 5.86. The Labute approximate surface area is 249 Å². The van der Waals surface area contributed by atoms with Crippen LogP contribution in [0.25, 0.3) is 0 Å². The lowest BCUT2D eigenvalue weighted by atomic mass is 10.0. The summed E-state index contributed by atoms with van der Waals surface area (Å²) >= 11 is 6.43. The lowest BCUT2D eigenvalue weighted by Crippen LogP contribution is -2.52. The van der Waals surface area contributed by atoms with E-state index in [4.69, 9.17) is 11.6 Å². The number of rotatable bonds is 12. The van der Waals surface area contributed by atoms with E-state index in [1.165, 1.54) is 17.0 Å². The van der Waals surface area contributed by atoms with E-state index in [9.17, 15) is 18.0 Å². The maximum Gasteiger partial charge on any atom is 0.264 e. The van der Waals surface area contributed by atoms with Crippen molar-refractivity contribution in [3.63, 3.8) is 0 Å². The molecule has 220 valence electrons. The van der Waals surface area contributed by atoms with E-state index < -0.39 is 28.5 Å². The molecule has 0 radical (unpaired) electrons. The van der Waals surface area contributed by atoms with Gasteiger partial charge in [0.15, 0.2) is 0 Å². The Morgan fingerprint density at radius 3 is 2.07 bits per heavy atom. The van der Waals surface area contributed by atoms with Crippen molar-refractivity contribution in [3.8, 4) is 0 Å². The van der Waals surface area contributed by atoms with E-state index in [0.717, 1.165) is 21.9 Å². The fraction of sp³-hybridized carbons (Fsp3) is 0.375. The summed E-state index contributed by atoms with van der Waals surface area (Å²) in [6.45, 7) is 11.0. The molecule has 0 aromatic heterocycles. The highest BCUT2D eigenvalue weighted by Crippen LogP contribution is 2.27. The Morgan fingerprint density at radius 2 is 1.51 bits per heavy atom. The Morgan fingerprint density at radius 1 is 0.902 bits per heavy atom. The van der Waals surface area contributed by atoms with Crippen molar-refractivity contribution in [2.75, 3.05) is 10.8 Å². The van der Waals surface area contributed by atoms with Gasteiger partial charge in [0.2, 0.25) is 11.8 Å². The van der Waals surface area contributed by atoms with Crippen molar-refractivity contribution in [1.82, 2.24) is 10.2 Å². The molecule has 41 heavy (non-hydrogen) atoms. The molecule has 3 aromatic rings. The van der Waals surface area contributed by atoms with Gasteiger partial charge in [-0.15, -0.1) is 0 Å². The average molecular weight is 598 g/mol. The van der Waals surface area contributed by atoms with Crippen molar-refractivity contribution >= 4 is 39.1 Å². The zero-order chi connectivity index (χ0) is 30.3. The standard InChI is InChI=1S/C32H40ClN3O4S/c1-7-24(5)34-32(38)25(6)35(20-27-10-8-9-11-30(27)33)31(37)21-36(28-16-14-26(15-17-28)22(2)3)41(39,40)29-18-12-23(4)13-19-29/h8-19,22,24-25H,7,20-21H2,1-6H3,(H,34,38). The normalized spacial score (nSPS) is 13.0. The van der Waals surface area contributed by atoms with E-state index in [-0.39, 0.29) is 29.3 Å². The van der Waals surface area contributed by atoms with Crippen molar-refractivity contribution in [2.24, 2.45) is 0 Å². The summed E-state index contributed by atoms with van der Waals surface area (Å²) in [5.74, 6) is -0.599. The summed E-state index contributed by atoms with van der Waals surface area (Å²) in [4.78, 5) is 28.7. The molecule has 1 N–H and O–H groups in total. The van der Waals surface area contributed by atoms with E-state index in [1.807, 2.05) is 32.9 Å². The van der Waals surface area contributed by atoms with Crippen LogP contribution in [-0.4, -0.2) is 43.8 Å². The molecule has 7 nitrogen and oxygen atoms in total. The molecule has 3 rings (SSSR count). The zero-order valence-electron chi connectivity index (χ0n) is 24.6. The number of halogens is 1. The van der Waals surface area contributed by atoms with Gasteiger partial charge in [0, 0.05) is 17.6 Å². The van der Waals surface area contributed by atoms with E-state index >= 15 is 0 Å². The molecule has 2 atom stereocenters. The molecule has 9 heteroatoms. The van der Waals surface area contributed by atoms with Gasteiger partial charge in [0.05, 0.1) is 10.6 Å². The van der Waals surface area contributed by atoms with Gasteiger partial charge >= 0.3 is 0 Å². The van der Waals surface area contributed by atoms with Crippen LogP contribution in [0.2, 0.25) is 5.02 Å². The van der Waals surface area contributed by atoms with Crippen LogP contribution in [-0.2, 0) is 26.2 Å². The number of carbonyl (C=O) groups excluding carboxylic acids is 2. The monoisotopic (exact) mass is 597 g/mol. The van der Waals surface area contributed by atoms with Crippen LogP contribution >= 0.6 is 11.6 Å². The first-order valence-corrected chi connectivity index (χ1v) is 15.7. The van der Waals surface area contributed by atoms with Crippen molar-refractivity contribution in [3.05, 3.63) is 94.5 Å². The first kappa shape index (κ1) is 32.2. The lowest BCUT2D eigenvalue weighted by molar-refractivity contribution is -0.139. The molecule has 0 saturated carbocycles. The molecule has 3 aromatic carbocycles. The highest BCUT2D eigenvalue weighted by molar-refractivity contribution is 7.92. The first-order chi connectivity index (χ1) is 19.3. The largest absolute Gasteiger partial charge is 0.352 e. The Kier molecular flexibility index (Phi) is 11.0. The number of carbonyl (C=O) groups is 2. The smallest absolute Gasteiger partial charge is 0.264 e. The number of aryl methyl sites for hydroxylation is 1. The number of nitrogens with one attached hydrogen (secondary N) is 1. The molecule has 0 aliphatic heterocycles. The predicted molar refractivity (Wildman–Crippen MR) is 166 cm³/mol. The van der Waals surface area contributed by atoms with E-state index in [2.05, 4.69) is 19.2 Å². The second kappa shape index (κ2) is 14.0. The van der Waals surface area contributed by atoms with Crippen LogP contribution < -0.4 is 9.62 Å². The number of sulfonamides is 1. The molecule has 0 saturated heterocycles. The Hall–Kier alpha value is -3.36. The third-order valence-corrected chi connectivity index (χ3v) is 9.36. The summed E-state index contributed by atoms with van der Waals surface area (Å²) < 4.78 is 29.1. The summed E-state index contributed by atoms with van der Waals surface area (Å²) in [6.07, 6.45) is 0.728. The summed E-state index contributed by atoms with van der Waals surface area (Å²) in [5, 5.41) is 3.38. The molecule has 0 spiro atoms. The quantitative estimate of drug-likeness (QED) is 0.265. The minimum absolute atomic E-state index is 0.0400. The third-order valence-electron chi connectivity index (χ3n) is 7.20. The highest BCUT2D eigenvalue weighted by atomic mass is 35.5.